The second-order valence-corrected chi connectivity index (χ2v) is 23.2. The lowest BCUT2D eigenvalue weighted by molar-refractivity contribution is -0.158. The lowest BCUT2D eigenvalue weighted by Crippen LogP contribution is -2.56. The van der Waals surface area contributed by atoms with E-state index in [-0.39, 0.29) is 49.8 Å². The van der Waals surface area contributed by atoms with Gasteiger partial charge in [-0.3, -0.25) is 9.59 Å². The van der Waals surface area contributed by atoms with Crippen LogP contribution in [-0.4, -0.2) is 47.9 Å². The Morgan fingerprint density at radius 3 is 1.54 bits per heavy atom. The summed E-state index contributed by atoms with van der Waals surface area (Å²) in [6.45, 7) is 13.8. The van der Waals surface area contributed by atoms with Gasteiger partial charge in [-0.1, -0.05) is 58.5 Å². The second kappa shape index (κ2) is 17.1. The van der Waals surface area contributed by atoms with Crippen LogP contribution in [0.2, 0.25) is 0 Å². The van der Waals surface area contributed by atoms with Gasteiger partial charge in [-0.2, -0.15) is 4.39 Å². The number of aromatic nitrogens is 2. The van der Waals surface area contributed by atoms with E-state index < -0.39 is 17.3 Å². The third kappa shape index (κ3) is 7.73. The molecule has 0 spiro atoms. The second-order valence-electron chi connectivity index (χ2n) is 22.6. The molecule has 8 aliphatic rings. The molecule has 8 saturated carbocycles. The predicted molar refractivity (Wildman–Crippen MR) is 240 cm³/mol. The minimum atomic E-state index is -0.562. The molecule has 0 radical (unpaired) electrons. The highest BCUT2D eigenvalue weighted by molar-refractivity contribution is 9.09. The van der Waals surface area contributed by atoms with E-state index in [1.54, 1.807) is 6.20 Å². The molecule has 0 bridgehead atoms. The third-order valence-electron chi connectivity index (χ3n) is 20.5. The highest BCUT2D eigenvalue weighted by Crippen LogP contribution is 2.71. The van der Waals surface area contributed by atoms with Crippen LogP contribution in [-0.2, 0) is 16.1 Å². The predicted octanol–water partition coefficient (Wildman–Crippen LogP) is 12.4. The maximum Gasteiger partial charge on any atom is 0.289 e. The van der Waals surface area contributed by atoms with E-state index in [2.05, 4.69) is 55.5 Å². The fourth-order valence-corrected chi connectivity index (χ4v) is 18.1. The number of halogens is 2. The first kappa shape index (κ1) is 47.4. The Bertz CT molecular complexity index is 1660. The van der Waals surface area contributed by atoms with Crippen LogP contribution in [0, 0.1) is 86.9 Å². The van der Waals surface area contributed by atoms with E-state index in [1.807, 2.05) is 6.92 Å². The number of hydrogen-bond donors (Lipinski definition) is 2. The Balaban J connectivity index is 0.000000195. The Kier molecular flexibility index (Phi) is 13.7. The molecule has 0 aliphatic heterocycles. The van der Waals surface area contributed by atoms with Gasteiger partial charge in [0.1, 0.15) is 5.78 Å². The summed E-state index contributed by atoms with van der Waals surface area (Å²) in [6, 6.07) is 0. The van der Waals surface area contributed by atoms with E-state index in [0.717, 1.165) is 81.5 Å². The number of aliphatic hydroxyl groups is 2. The molecular formula is C51H84BrFN2O4. The molecule has 16 atom stereocenters. The van der Waals surface area contributed by atoms with Gasteiger partial charge in [-0.25, -0.2) is 4.98 Å². The molecule has 0 unspecified atom stereocenters. The van der Waals surface area contributed by atoms with Gasteiger partial charge in [0.25, 0.3) is 6.08 Å². The largest absolute Gasteiger partial charge is 0.390 e. The summed E-state index contributed by atoms with van der Waals surface area (Å²) in [5.41, 5.74) is 0.205. The Morgan fingerprint density at radius 1 is 0.678 bits per heavy atom. The summed E-state index contributed by atoms with van der Waals surface area (Å²) in [7, 11) is 0. The SMILES string of the molecule is C.C.CC[C@]12CC[C@@](C)(O)C[C@@H]1CC[C@H]1[C@@H]3CC[C@H](C(=O)CBr)[C@@]3(C)CC[C@@H]12.CC[C@]12CC[C@@](C)(O)C[C@@H]1CC[C@H]1[C@@H]3CC[C@H](C(=O)Cn4ccnc4F)[C@@]3(C)CC[C@@H]12. The molecule has 59 heavy (non-hydrogen) atoms. The van der Waals surface area contributed by atoms with Crippen LogP contribution < -0.4 is 0 Å². The number of fused-ring (bicyclic) bond motifs is 10. The lowest BCUT2D eigenvalue weighted by atomic mass is 9.42. The Morgan fingerprint density at radius 2 is 1.14 bits per heavy atom. The summed E-state index contributed by atoms with van der Waals surface area (Å²) in [5.74, 6) is 6.79. The molecule has 336 valence electrons. The molecule has 8 aliphatic carbocycles. The van der Waals surface area contributed by atoms with Gasteiger partial charge >= 0.3 is 0 Å². The maximum atomic E-state index is 13.8. The van der Waals surface area contributed by atoms with E-state index in [1.165, 1.54) is 81.4 Å². The number of ketones is 2. The number of Topliss-reactive ketones (excluding diaryl/α,β-unsaturated/α-hetero) is 2. The smallest absolute Gasteiger partial charge is 0.289 e. The van der Waals surface area contributed by atoms with Crippen LogP contribution in [0.3, 0.4) is 0 Å². The maximum absolute atomic E-state index is 13.8. The first-order valence-corrected chi connectivity index (χ1v) is 24.8. The van der Waals surface area contributed by atoms with Crippen molar-refractivity contribution in [3.8, 4) is 0 Å². The quantitative estimate of drug-likeness (QED) is 0.266. The number of imidazole rings is 1. The van der Waals surface area contributed by atoms with E-state index in [4.69, 9.17) is 0 Å². The van der Waals surface area contributed by atoms with Crippen molar-refractivity contribution in [2.75, 3.05) is 5.33 Å². The minimum Gasteiger partial charge on any atom is -0.390 e. The highest BCUT2D eigenvalue weighted by Gasteiger charge is 2.64. The van der Waals surface area contributed by atoms with Gasteiger partial charge in [0, 0.05) is 24.2 Å². The van der Waals surface area contributed by atoms with Crippen molar-refractivity contribution in [3.63, 3.8) is 0 Å². The third-order valence-corrected chi connectivity index (χ3v) is 21.1. The molecule has 8 fully saturated rings. The summed E-state index contributed by atoms with van der Waals surface area (Å²) >= 11 is 3.44. The van der Waals surface area contributed by atoms with Crippen molar-refractivity contribution in [3.05, 3.63) is 18.5 Å². The monoisotopic (exact) mass is 887 g/mol. The first-order chi connectivity index (χ1) is 27.0. The van der Waals surface area contributed by atoms with E-state index >= 15 is 0 Å². The zero-order valence-corrected chi connectivity index (χ0v) is 37.9. The van der Waals surface area contributed by atoms with Crippen molar-refractivity contribution in [2.45, 2.75) is 203 Å². The van der Waals surface area contributed by atoms with Crippen LogP contribution in [0.25, 0.3) is 0 Å². The normalized spacial score (nSPS) is 48.2. The molecule has 2 N–H and O–H groups in total. The standard InChI is InChI=1S/C26H39FN2O2.C23H37BrO2.2CH4/c1-4-26-12-11-24(2,31)15-17(26)5-6-18-19-7-8-21(25(19,3)10-9-20(18)26)22(30)16-29-14-13-28-23(29)27;1-4-23-12-11-21(2,26)13-15(23)5-6-16-17-7-8-19(20(25)14-24)22(17,3)10-9-18(16)23;;/h13-14,17-21,31H,4-12,15-16H2,1-3H3;15-19,26H,4-14H2,1-3H3;2*1H4/t17-,18-,19-,20-,21+,24+,25-,26-;15-,16-,17-,18-,19+,21+,22-,23-;;/m00../s1. The molecule has 0 saturated heterocycles. The number of carbonyl (C=O) groups excluding carboxylic acids is 2. The fourth-order valence-electron chi connectivity index (χ4n) is 17.7. The van der Waals surface area contributed by atoms with Crippen molar-refractivity contribution in [2.24, 2.45) is 80.8 Å². The van der Waals surface area contributed by atoms with Crippen molar-refractivity contribution < 1.29 is 24.2 Å². The summed E-state index contributed by atoms with van der Waals surface area (Å²) < 4.78 is 15.2. The average molecular weight is 888 g/mol. The van der Waals surface area contributed by atoms with Gasteiger partial charge in [-0.15, -0.1) is 0 Å². The Labute approximate surface area is 367 Å². The van der Waals surface area contributed by atoms with Crippen LogP contribution in [0.4, 0.5) is 4.39 Å². The van der Waals surface area contributed by atoms with Crippen molar-refractivity contribution in [1.82, 2.24) is 9.55 Å². The molecule has 1 aromatic rings. The molecule has 6 nitrogen and oxygen atoms in total. The average Bonchev–Trinajstić information content (AvgIpc) is 3.87. The fraction of sp³-hybridized carbons (Fsp3) is 0.902. The number of rotatable bonds is 7. The van der Waals surface area contributed by atoms with Crippen molar-refractivity contribution >= 4 is 27.5 Å². The van der Waals surface area contributed by atoms with Crippen molar-refractivity contribution in [1.29, 1.82) is 0 Å². The van der Waals surface area contributed by atoms with E-state index in [0.29, 0.717) is 45.6 Å². The summed E-state index contributed by atoms with van der Waals surface area (Å²) in [4.78, 5) is 29.5. The van der Waals surface area contributed by atoms with Crippen LogP contribution in [0.1, 0.15) is 185 Å². The number of alkyl halides is 1. The van der Waals surface area contributed by atoms with E-state index in [9.17, 15) is 24.2 Å². The summed E-state index contributed by atoms with van der Waals surface area (Å²) in [6.07, 6.45) is 25.7. The zero-order valence-electron chi connectivity index (χ0n) is 36.3. The zero-order chi connectivity index (χ0) is 40.8. The van der Waals surface area contributed by atoms with Crippen LogP contribution in [0.15, 0.2) is 12.4 Å². The van der Waals surface area contributed by atoms with Gasteiger partial charge in [0.2, 0.25) is 0 Å². The molecule has 1 aromatic heterocycles. The lowest BCUT2D eigenvalue weighted by Gasteiger charge is -2.63. The Hall–Kier alpha value is -1.12. The number of hydrogen-bond acceptors (Lipinski definition) is 5. The molecule has 8 heteroatoms. The first-order valence-electron chi connectivity index (χ1n) is 23.7. The summed E-state index contributed by atoms with van der Waals surface area (Å²) in [5, 5.41) is 22.0. The molecule has 1 heterocycles. The van der Waals surface area contributed by atoms with Gasteiger partial charge < -0.3 is 14.8 Å². The molecule has 0 amide bonds. The number of carbonyl (C=O) groups is 2. The molecular weight excluding hydrogens is 803 g/mol. The number of nitrogens with zero attached hydrogens (tertiary/aromatic N) is 2. The highest BCUT2D eigenvalue weighted by atomic mass is 79.9. The van der Waals surface area contributed by atoms with Gasteiger partial charge in [0.05, 0.1) is 23.1 Å². The topological polar surface area (TPSA) is 92.4 Å². The molecule has 0 aromatic carbocycles. The minimum absolute atomic E-state index is 0. The molecule has 9 rings (SSSR count). The van der Waals surface area contributed by atoms with Gasteiger partial charge in [-0.05, 0) is 211 Å². The van der Waals surface area contributed by atoms with Gasteiger partial charge in [0.15, 0.2) is 5.78 Å². The van der Waals surface area contributed by atoms with Crippen LogP contribution in [0.5, 0.6) is 0 Å². The van der Waals surface area contributed by atoms with Crippen LogP contribution >= 0.6 is 15.9 Å².